The second-order valence-corrected chi connectivity index (χ2v) is 8.19. The van der Waals surface area contributed by atoms with Gasteiger partial charge >= 0.3 is 0 Å². The summed E-state index contributed by atoms with van der Waals surface area (Å²) in [6.07, 6.45) is 1.91. The molecule has 5 rings (SSSR count). The fraction of sp³-hybridized carbons (Fsp3) is 0.185. The normalized spacial score (nSPS) is 16.2. The number of hydrogen-bond donors (Lipinski definition) is 0. The van der Waals surface area contributed by atoms with Crippen LogP contribution < -0.4 is 9.80 Å². The minimum absolute atomic E-state index is 0.263. The molecule has 3 aromatic carbocycles. The van der Waals surface area contributed by atoms with Gasteiger partial charge in [-0.2, -0.15) is 0 Å². The molecule has 4 nitrogen and oxygen atoms in total. The summed E-state index contributed by atoms with van der Waals surface area (Å²) in [7, 11) is 0. The van der Waals surface area contributed by atoms with Gasteiger partial charge in [0, 0.05) is 12.2 Å². The highest BCUT2D eigenvalue weighted by Crippen LogP contribution is 2.39. The molecule has 0 N–H and O–H groups in total. The summed E-state index contributed by atoms with van der Waals surface area (Å²) in [6.45, 7) is 4.79. The Kier molecular flexibility index (Phi) is 4.70. The van der Waals surface area contributed by atoms with Gasteiger partial charge in [0.1, 0.15) is 5.70 Å². The van der Waals surface area contributed by atoms with Crippen LogP contribution in [0.2, 0.25) is 0 Å². The van der Waals surface area contributed by atoms with Gasteiger partial charge in [-0.1, -0.05) is 54.6 Å². The van der Waals surface area contributed by atoms with E-state index in [1.165, 1.54) is 10.5 Å². The number of benzene rings is 3. The van der Waals surface area contributed by atoms with E-state index in [-0.39, 0.29) is 11.8 Å². The average molecular weight is 409 g/mol. The highest BCUT2D eigenvalue weighted by molar-refractivity contribution is 6.46. The lowest BCUT2D eigenvalue weighted by atomic mass is 9.97. The zero-order valence-corrected chi connectivity index (χ0v) is 17.8. The number of rotatable bonds is 3. The highest BCUT2D eigenvalue weighted by Gasteiger charge is 2.43. The monoisotopic (exact) mass is 408 g/mol. The minimum Gasteiger partial charge on any atom is -0.336 e. The molecule has 0 saturated heterocycles. The van der Waals surface area contributed by atoms with Gasteiger partial charge in [0.15, 0.2) is 0 Å². The van der Waals surface area contributed by atoms with Gasteiger partial charge in [0.05, 0.1) is 11.3 Å². The SMILES string of the molecule is Cc1ccc(C2=C(N3CCCc4ccccc43)C(=O)N(c3ccccc3)C2=O)cc1C. The lowest BCUT2D eigenvalue weighted by Gasteiger charge is -2.32. The van der Waals surface area contributed by atoms with E-state index >= 15 is 0 Å². The molecule has 0 bridgehead atoms. The Balaban J connectivity index is 1.72. The number of para-hydroxylation sites is 2. The Morgan fingerprint density at radius 1 is 0.774 bits per heavy atom. The number of imide groups is 1. The molecule has 0 aliphatic carbocycles. The molecule has 0 saturated carbocycles. The quantitative estimate of drug-likeness (QED) is 0.570. The van der Waals surface area contributed by atoms with Crippen LogP contribution in [0.1, 0.15) is 28.7 Å². The third-order valence-corrected chi connectivity index (χ3v) is 6.25. The Morgan fingerprint density at radius 3 is 2.29 bits per heavy atom. The summed E-state index contributed by atoms with van der Waals surface area (Å²) >= 11 is 0. The van der Waals surface area contributed by atoms with E-state index in [4.69, 9.17) is 0 Å². The van der Waals surface area contributed by atoms with Gasteiger partial charge in [-0.3, -0.25) is 9.59 Å². The maximum absolute atomic E-state index is 13.8. The van der Waals surface area contributed by atoms with Crippen LogP contribution >= 0.6 is 0 Å². The van der Waals surface area contributed by atoms with Crippen LogP contribution in [-0.2, 0) is 16.0 Å². The van der Waals surface area contributed by atoms with E-state index in [0.717, 1.165) is 35.2 Å². The van der Waals surface area contributed by atoms with Crippen LogP contribution in [0.25, 0.3) is 5.57 Å². The minimum atomic E-state index is -0.266. The topological polar surface area (TPSA) is 40.6 Å². The van der Waals surface area contributed by atoms with Gasteiger partial charge in [-0.05, 0) is 67.1 Å². The van der Waals surface area contributed by atoms with E-state index in [2.05, 4.69) is 6.07 Å². The predicted molar refractivity (Wildman–Crippen MR) is 124 cm³/mol. The first-order chi connectivity index (χ1) is 15.1. The van der Waals surface area contributed by atoms with E-state index in [1.54, 1.807) is 12.1 Å². The van der Waals surface area contributed by atoms with Crippen molar-refractivity contribution in [1.29, 1.82) is 0 Å². The van der Waals surface area contributed by atoms with E-state index in [9.17, 15) is 9.59 Å². The Hall–Kier alpha value is -3.66. The zero-order valence-electron chi connectivity index (χ0n) is 17.8. The van der Waals surface area contributed by atoms with E-state index in [1.807, 2.05) is 73.3 Å². The molecule has 2 aliphatic rings. The maximum atomic E-state index is 13.8. The second kappa shape index (κ2) is 7.55. The Bertz CT molecular complexity index is 1230. The van der Waals surface area contributed by atoms with Crippen LogP contribution in [-0.4, -0.2) is 18.4 Å². The molecular formula is C27H24N2O2. The molecule has 2 amide bonds. The summed E-state index contributed by atoms with van der Waals surface area (Å²) in [6, 6.07) is 23.3. The molecule has 154 valence electrons. The molecule has 0 radical (unpaired) electrons. The van der Waals surface area contributed by atoms with Crippen molar-refractivity contribution in [2.24, 2.45) is 0 Å². The number of anilines is 2. The summed E-state index contributed by atoms with van der Waals surface area (Å²) in [4.78, 5) is 30.8. The third kappa shape index (κ3) is 3.15. The second-order valence-electron chi connectivity index (χ2n) is 8.19. The first-order valence-corrected chi connectivity index (χ1v) is 10.7. The number of amides is 2. The summed E-state index contributed by atoms with van der Waals surface area (Å²) in [5, 5.41) is 0. The van der Waals surface area contributed by atoms with Crippen molar-refractivity contribution in [2.45, 2.75) is 26.7 Å². The van der Waals surface area contributed by atoms with E-state index in [0.29, 0.717) is 23.5 Å². The predicted octanol–water partition coefficient (Wildman–Crippen LogP) is 5.04. The van der Waals surface area contributed by atoms with E-state index < -0.39 is 0 Å². The average Bonchev–Trinajstić information content (AvgIpc) is 3.05. The fourth-order valence-electron chi connectivity index (χ4n) is 4.50. The van der Waals surface area contributed by atoms with Crippen LogP contribution in [0.3, 0.4) is 0 Å². The summed E-state index contributed by atoms with van der Waals surface area (Å²) < 4.78 is 0. The van der Waals surface area contributed by atoms with Crippen molar-refractivity contribution in [3.05, 3.63) is 101 Å². The molecule has 0 aromatic heterocycles. The van der Waals surface area contributed by atoms with Crippen molar-refractivity contribution >= 4 is 28.8 Å². The fourth-order valence-corrected chi connectivity index (χ4v) is 4.50. The zero-order chi connectivity index (χ0) is 21.5. The summed E-state index contributed by atoms with van der Waals surface area (Å²) in [5.41, 5.74) is 6.82. The first-order valence-electron chi connectivity index (χ1n) is 10.7. The summed E-state index contributed by atoms with van der Waals surface area (Å²) in [5.74, 6) is -0.529. The molecule has 2 aliphatic heterocycles. The van der Waals surface area contributed by atoms with Gasteiger partial charge in [-0.25, -0.2) is 4.90 Å². The standard InChI is InChI=1S/C27H24N2O2/c1-18-14-15-21(17-19(18)2)24-25(28-16-8-10-20-9-6-7-13-23(20)28)27(31)29(26(24)30)22-11-4-3-5-12-22/h3-7,9,11-15,17H,8,10,16H2,1-2H3. The maximum Gasteiger partial charge on any atom is 0.282 e. The van der Waals surface area contributed by atoms with Crippen molar-refractivity contribution in [3.8, 4) is 0 Å². The largest absolute Gasteiger partial charge is 0.336 e. The number of aryl methyl sites for hydroxylation is 3. The molecule has 0 fully saturated rings. The Labute approximate surface area is 182 Å². The van der Waals surface area contributed by atoms with Gasteiger partial charge in [0.2, 0.25) is 0 Å². The number of carbonyl (C=O) groups excluding carboxylic acids is 2. The lowest BCUT2D eigenvalue weighted by molar-refractivity contribution is -0.120. The van der Waals surface area contributed by atoms with Crippen LogP contribution in [0, 0.1) is 13.8 Å². The number of hydrogen-bond acceptors (Lipinski definition) is 3. The van der Waals surface area contributed by atoms with Crippen molar-refractivity contribution in [1.82, 2.24) is 0 Å². The van der Waals surface area contributed by atoms with Gasteiger partial charge < -0.3 is 4.90 Å². The lowest BCUT2D eigenvalue weighted by Crippen LogP contribution is -2.37. The molecule has 0 atom stereocenters. The van der Waals surface area contributed by atoms with Gasteiger partial charge in [0.25, 0.3) is 11.8 Å². The molecule has 2 heterocycles. The van der Waals surface area contributed by atoms with Crippen LogP contribution in [0.5, 0.6) is 0 Å². The molecule has 3 aromatic rings. The van der Waals surface area contributed by atoms with Crippen LogP contribution in [0.15, 0.2) is 78.5 Å². The van der Waals surface area contributed by atoms with Gasteiger partial charge in [-0.15, -0.1) is 0 Å². The molecular weight excluding hydrogens is 384 g/mol. The van der Waals surface area contributed by atoms with Crippen molar-refractivity contribution < 1.29 is 9.59 Å². The first kappa shape index (κ1) is 19.3. The highest BCUT2D eigenvalue weighted by atomic mass is 16.2. The smallest absolute Gasteiger partial charge is 0.282 e. The number of fused-ring (bicyclic) bond motifs is 1. The molecule has 4 heteroatoms. The molecule has 31 heavy (non-hydrogen) atoms. The Morgan fingerprint density at radius 2 is 1.52 bits per heavy atom. The van der Waals surface area contributed by atoms with Crippen molar-refractivity contribution in [2.75, 3.05) is 16.3 Å². The van der Waals surface area contributed by atoms with Crippen molar-refractivity contribution in [3.63, 3.8) is 0 Å². The number of carbonyl (C=O) groups is 2. The third-order valence-electron chi connectivity index (χ3n) is 6.25. The molecule has 0 unspecified atom stereocenters. The number of nitrogens with zero attached hydrogens (tertiary/aromatic N) is 2. The molecule has 0 spiro atoms. The van der Waals surface area contributed by atoms with Crippen LogP contribution in [0.4, 0.5) is 11.4 Å².